The van der Waals surface area contributed by atoms with Crippen molar-refractivity contribution >= 4 is 23.7 Å². The predicted molar refractivity (Wildman–Crippen MR) is 91.3 cm³/mol. The van der Waals surface area contributed by atoms with Crippen LogP contribution in [-0.2, 0) is 4.79 Å². The number of rotatable bonds is 6. The van der Waals surface area contributed by atoms with E-state index in [2.05, 4.69) is 10.4 Å². The molecule has 1 aromatic rings. The standard InChI is InChI=1S/C15H25N5O2S/c1-11-8-17-20(9-11)12-4-3-6-19(10-12)14(21)13(5-7-23-2)18-15(16)22/h8-9,12-13H,3-7,10H2,1-2H3,(H3,16,18,22)/t12-,13+/m0/s1. The number of hydrogen-bond donors (Lipinski definition) is 2. The molecule has 0 aliphatic carbocycles. The minimum atomic E-state index is -0.652. The molecule has 1 aliphatic rings. The molecule has 0 unspecified atom stereocenters. The Morgan fingerprint density at radius 2 is 2.35 bits per heavy atom. The fourth-order valence-corrected chi connectivity index (χ4v) is 3.36. The van der Waals surface area contributed by atoms with Crippen LogP contribution in [0.3, 0.4) is 0 Å². The van der Waals surface area contributed by atoms with Crippen LogP contribution in [0.5, 0.6) is 0 Å². The highest BCUT2D eigenvalue weighted by Crippen LogP contribution is 2.22. The Morgan fingerprint density at radius 3 is 2.96 bits per heavy atom. The molecule has 7 nitrogen and oxygen atoms in total. The summed E-state index contributed by atoms with van der Waals surface area (Å²) in [6.07, 6.45) is 8.33. The molecule has 2 rings (SSSR count). The molecule has 1 aromatic heterocycles. The molecule has 2 atom stereocenters. The number of thioether (sulfide) groups is 1. The first-order valence-corrected chi connectivity index (χ1v) is 9.25. The highest BCUT2D eigenvalue weighted by atomic mass is 32.2. The fraction of sp³-hybridized carbons (Fsp3) is 0.667. The van der Waals surface area contributed by atoms with Crippen LogP contribution in [0.4, 0.5) is 4.79 Å². The Balaban J connectivity index is 2.02. The number of piperidine rings is 1. The van der Waals surface area contributed by atoms with E-state index in [1.807, 2.05) is 35.2 Å². The van der Waals surface area contributed by atoms with E-state index in [9.17, 15) is 9.59 Å². The lowest BCUT2D eigenvalue weighted by Crippen LogP contribution is -2.52. The van der Waals surface area contributed by atoms with Crippen molar-refractivity contribution in [3.8, 4) is 0 Å². The molecular weight excluding hydrogens is 314 g/mol. The monoisotopic (exact) mass is 339 g/mol. The van der Waals surface area contributed by atoms with Gasteiger partial charge in [-0.05, 0) is 43.8 Å². The number of urea groups is 1. The van der Waals surface area contributed by atoms with Gasteiger partial charge in [0, 0.05) is 19.3 Å². The number of carbonyl (C=O) groups is 2. The van der Waals surface area contributed by atoms with E-state index in [-0.39, 0.29) is 11.9 Å². The van der Waals surface area contributed by atoms with Gasteiger partial charge in [0.1, 0.15) is 6.04 Å². The van der Waals surface area contributed by atoms with Crippen molar-refractivity contribution in [2.75, 3.05) is 25.1 Å². The van der Waals surface area contributed by atoms with Crippen LogP contribution in [0.2, 0.25) is 0 Å². The zero-order valence-electron chi connectivity index (χ0n) is 13.7. The van der Waals surface area contributed by atoms with Crippen LogP contribution in [0, 0.1) is 6.92 Å². The number of amides is 3. The second-order valence-corrected chi connectivity index (χ2v) is 6.91. The minimum Gasteiger partial charge on any atom is -0.352 e. The van der Waals surface area contributed by atoms with Crippen LogP contribution in [-0.4, -0.2) is 57.8 Å². The van der Waals surface area contributed by atoms with Crippen LogP contribution in [0.25, 0.3) is 0 Å². The Hall–Kier alpha value is -1.70. The number of nitrogens with one attached hydrogen (secondary N) is 1. The number of aryl methyl sites for hydroxylation is 1. The third-order valence-electron chi connectivity index (χ3n) is 4.04. The molecule has 0 spiro atoms. The normalized spacial score (nSPS) is 19.4. The number of hydrogen-bond acceptors (Lipinski definition) is 4. The Kier molecular flexibility index (Phi) is 6.32. The van der Waals surface area contributed by atoms with Gasteiger partial charge in [0.2, 0.25) is 5.91 Å². The summed E-state index contributed by atoms with van der Waals surface area (Å²) in [5.74, 6) is 0.748. The number of likely N-dealkylation sites (tertiary alicyclic amines) is 1. The van der Waals surface area contributed by atoms with Crippen LogP contribution < -0.4 is 11.1 Å². The van der Waals surface area contributed by atoms with Gasteiger partial charge in [-0.3, -0.25) is 9.48 Å². The van der Waals surface area contributed by atoms with Crippen LogP contribution in [0.1, 0.15) is 30.9 Å². The summed E-state index contributed by atoms with van der Waals surface area (Å²) < 4.78 is 1.94. The molecule has 0 aromatic carbocycles. The molecule has 1 aliphatic heterocycles. The van der Waals surface area contributed by atoms with E-state index in [1.54, 1.807) is 11.8 Å². The van der Waals surface area contributed by atoms with Gasteiger partial charge in [0.05, 0.1) is 12.2 Å². The highest BCUT2D eigenvalue weighted by Gasteiger charge is 2.30. The molecule has 3 amide bonds. The van der Waals surface area contributed by atoms with E-state index in [0.29, 0.717) is 19.5 Å². The Labute approximate surface area is 141 Å². The fourth-order valence-electron chi connectivity index (χ4n) is 2.89. The summed E-state index contributed by atoms with van der Waals surface area (Å²) in [4.78, 5) is 25.7. The van der Waals surface area contributed by atoms with Crippen molar-refractivity contribution in [3.05, 3.63) is 18.0 Å². The van der Waals surface area contributed by atoms with Gasteiger partial charge < -0.3 is 16.0 Å². The van der Waals surface area contributed by atoms with Gasteiger partial charge in [-0.1, -0.05) is 0 Å². The molecule has 0 saturated carbocycles. The average molecular weight is 339 g/mol. The molecule has 0 radical (unpaired) electrons. The van der Waals surface area contributed by atoms with Crippen molar-refractivity contribution < 1.29 is 9.59 Å². The molecule has 1 fully saturated rings. The summed E-state index contributed by atoms with van der Waals surface area (Å²) >= 11 is 1.64. The van der Waals surface area contributed by atoms with Gasteiger partial charge in [-0.2, -0.15) is 16.9 Å². The predicted octanol–water partition coefficient (Wildman–Crippen LogP) is 1.15. The maximum absolute atomic E-state index is 12.7. The maximum Gasteiger partial charge on any atom is 0.312 e. The molecule has 1 saturated heterocycles. The van der Waals surface area contributed by atoms with E-state index in [0.717, 1.165) is 24.2 Å². The quantitative estimate of drug-likeness (QED) is 0.813. The topological polar surface area (TPSA) is 93.2 Å². The number of aromatic nitrogens is 2. The van der Waals surface area contributed by atoms with Gasteiger partial charge in [0.15, 0.2) is 0 Å². The molecule has 2 heterocycles. The number of nitrogens with two attached hydrogens (primary N) is 1. The van der Waals surface area contributed by atoms with E-state index >= 15 is 0 Å². The summed E-state index contributed by atoms with van der Waals surface area (Å²) in [7, 11) is 0. The van der Waals surface area contributed by atoms with Crippen molar-refractivity contribution in [3.63, 3.8) is 0 Å². The summed E-state index contributed by atoms with van der Waals surface area (Å²) in [6.45, 7) is 3.34. The summed E-state index contributed by atoms with van der Waals surface area (Å²) in [6, 6.07) is -1.00. The van der Waals surface area contributed by atoms with Crippen molar-refractivity contribution in [1.29, 1.82) is 0 Å². The molecule has 128 valence electrons. The average Bonchev–Trinajstić information content (AvgIpc) is 2.97. The van der Waals surface area contributed by atoms with Crippen molar-refractivity contribution in [2.45, 2.75) is 38.3 Å². The number of carbonyl (C=O) groups excluding carboxylic acids is 2. The third kappa shape index (κ3) is 4.89. The van der Waals surface area contributed by atoms with Crippen molar-refractivity contribution in [2.24, 2.45) is 5.73 Å². The molecule has 8 heteroatoms. The molecule has 23 heavy (non-hydrogen) atoms. The molecule has 3 N–H and O–H groups in total. The lowest BCUT2D eigenvalue weighted by Gasteiger charge is -2.35. The van der Waals surface area contributed by atoms with Gasteiger partial charge in [-0.15, -0.1) is 0 Å². The minimum absolute atomic E-state index is 0.0496. The number of primary amides is 1. The smallest absolute Gasteiger partial charge is 0.312 e. The Bertz CT molecular complexity index is 548. The maximum atomic E-state index is 12.7. The number of nitrogens with zero attached hydrogens (tertiary/aromatic N) is 3. The third-order valence-corrected chi connectivity index (χ3v) is 4.68. The largest absolute Gasteiger partial charge is 0.352 e. The summed E-state index contributed by atoms with van der Waals surface area (Å²) in [5, 5.41) is 6.94. The molecular formula is C15H25N5O2S. The first-order chi connectivity index (χ1) is 11.0. The lowest BCUT2D eigenvalue weighted by molar-refractivity contribution is -0.135. The first-order valence-electron chi connectivity index (χ1n) is 7.85. The zero-order chi connectivity index (χ0) is 16.8. The second kappa shape index (κ2) is 8.24. The molecule has 0 bridgehead atoms. The van der Waals surface area contributed by atoms with Gasteiger partial charge in [0.25, 0.3) is 0 Å². The van der Waals surface area contributed by atoms with Gasteiger partial charge in [-0.25, -0.2) is 4.79 Å². The first kappa shape index (κ1) is 17.7. The van der Waals surface area contributed by atoms with E-state index in [4.69, 9.17) is 5.73 Å². The highest BCUT2D eigenvalue weighted by molar-refractivity contribution is 7.98. The van der Waals surface area contributed by atoms with Crippen molar-refractivity contribution in [1.82, 2.24) is 20.0 Å². The summed E-state index contributed by atoms with van der Waals surface area (Å²) in [5.41, 5.74) is 6.32. The Morgan fingerprint density at radius 1 is 1.57 bits per heavy atom. The lowest BCUT2D eigenvalue weighted by atomic mass is 10.0. The van der Waals surface area contributed by atoms with Gasteiger partial charge >= 0.3 is 6.03 Å². The van der Waals surface area contributed by atoms with Crippen LogP contribution in [0.15, 0.2) is 12.4 Å². The SMILES string of the molecule is CSCC[C@@H](NC(N)=O)C(=O)N1CCC[C@H](n2cc(C)cn2)C1. The zero-order valence-corrected chi connectivity index (χ0v) is 14.5. The van der Waals surface area contributed by atoms with Crippen LogP contribution >= 0.6 is 11.8 Å². The van der Waals surface area contributed by atoms with E-state index in [1.165, 1.54) is 0 Å². The second-order valence-electron chi connectivity index (χ2n) is 5.92. The van der Waals surface area contributed by atoms with E-state index < -0.39 is 12.1 Å².